The van der Waals surface area contributed by atoms with E-state index < -0.39 is 0 Å². The molecule has 1 aliphatic heterocycles. The van der Waals surface area contributed by atoms with Crippen molar-refractivity contribution in [1.82, 2.24) is 15.0 Å². The molecular formula is C22H20N4O3. The van der Waals surface area contributed by atoms with Crippen molar-refractivity contribution in [2.75, 3.05) is 20.2 Å². The van der Waals surface area contributed by atoms with Crippen LogP contribution in [0.5, 0.6) is 5.75 Å². The standard InChI is InChI=1S/C22H20N4O3/c1-28-19-5-3-2-4-18(19)21-24-20(25-29-21)16-10-12-26(13-11-16)22(27)17-8-6-15(14-23)7-9-17/h2-9,16H,10-13H2,1H3. The molecule has 1 amide bonds. The summed E-state index contributed by atoms with van der Waals surface area (Å²) in [5.41, 5.74) is 1.91. The fourth-order valence-electron chi connectivity index (χ4n) is 3.54. The van der Waals surface area contributed by atoms with Crippen molar-refractivity contribution in [3.05, 3.63) is 65.5 Å². The molecule has 0 radical (unpaired) electrons. The zero-order valence-electron chi connectivity index (χ0n) is 16.0. The number of methoxy groups -OCH3 is 1. The predicted octanol–water partition coefficient (Wildman–Crippen LogP) is 3.64. The maximum absolute atomic E-state index is 12.7. The molecule has 0 N–H and O–H groups in total. The minimum Gasteiger partial charge on any atom is -0.496 e. The Morgan fingerprint density at radius 2 is 1.90 bits per heavy atom. The van der Waals surface area contributed by atoms with Crippen molar-refractivity contribution in [3.8, 4) is 23.3 Å². The number of amides is 1. The van der Waals surface area contributed by atoms with Gasteiger partial charge in [-0.15, -0.1) is 0 Å². The predicted molar refractivity (Wildman–Crippen MR) is 105 cm³/mol. The number of rotatable bonds is 4. The van der Waals surface area contributed by atoms with Crippen LogP contribution < -0.4 is 4.74 Å². The molecule has 146 valence electrons. The summed E-state index contributed by atoms with van der Waals surface area (Å²) in [6, 6.07) is 16.3. The summed E-state index contributed by atoms with van der Waals surface area (Å²) in [5, 5.41) is 13.0. The van der Waals surface area contributed by atoms with E-state index in [9.17, 15) is 4.79 Å². The van der Waals surface area contributed by atoms with Gasteiger partial charge in [0.2, 0.25) is 0 Å². The molecule has 0 spiro atoms. The number of aromatic nitrogens is 2. The molecule has 0 atom stereocenters. The van der Waals surface area contributed by atoms with Crippen molar-refractivity contribution in [2.24, 2.45) is 0 Å². The van der Waals surface area contributed by atoms with Crippen molar-refractivity contribution in [1.29, 1.82) is 5.26 Å². The quantitative estimate of drug-likeness (QED) is 0.678. The Hall–Kier alpha value is -3.66. The van der Waals surface area contributed by atoms with Gasteiger partial charge < -0.3 is 14.2 Å². The van der Waals surface area contributed by atoms with E-state index in [1.54, 1.807) is 31.4 Å². The van der Waals surface area contributed by atoms with Crippen molar-refractivity contribution in [2.45, 2.75) is 18.8 Å². The molecule has 1 aromatic heterocycles. The van der Waals surface area contributed by atoms with Crippen LogP contribution in [0.4, 0.5) is 0 Å². The zero-order chi connectivity index (χ0) is 20.2. The van der Waals surface area contributed by atoms with Crippen LogP contribution in [-0.4, -0.2) is 41.1 Å². The van der Waals surface area contributed by atoms with Crippen LogP contribution >= 0.6 is 0 Å². The number of nitrogens with zero attached hydrogens (tertiary/aromatic N) is 4. The smallest absolute Gasteiger partial charge is 0.261 e. The van der Waals surface area contributed by atoms with E-state index >= 15 is 0 Å². The minimum absolute atomic E-state index is 0.0178. The number of benzene rings is 2. The maximum atomic E-state index is 12.7. The normalized spacial score (nSPS) is 14.4. The Bertz CT molecular complexity index is 1040. The third kappa shape index (κ3) is 3.83. The molecule has 1 fully saturated rings. The monoisotopic (exact) mass is 388 g/mol. The largest absolute Gasteiger partial charge is 0.496 e. The number of hydrogen-bond donors (Lipinski definition) is 0. The van der Waals surface area contributed by atoms with Gasteiger partial charge in [-0.05, 0) is 49.2 Å². The lowest BCUT2D eigenvalue weighted by Gasteiger charge is -2.30. The van der Waals surface area contributed by atoms with Crippen LogP contribution in [-0.2, 0) is 0 Å². The summed E-state index contributed by atoms with van der Waals surface area (Å²) in [5.74, 6) is 1.92. The molecule has 29 heavy (non-hydrogen) atoms. The van der Waals surface area contributed by atoms with E-state index in [-0.39, 0.29) is 11.8 Å². The van der Waals surface area contributed by atoms with Gasteiger partial charge in [0.05, 0.1) is 24.3 Å². The van der Waals surface area contributed by atoms with Crippen molar-refractivity contribution < 1.29 is 14.1 Å². The summed E-state index contributed by atoms with van der Waals surface area (Å²) in [7, 11) is 1.61. The Labute approximate surface area is 168 Å². The molecule has 1 aliphatic rings. The molecular weight excluding hydrogens is 368 g/mol. The minimum atomic E-state index is -0.0178. The molecule has 0 aliphatic carbocycles. The van der Waals surface area contributed by atoms with Crippen molar-refractivity contribution in [3.63, 3.8) is 0 Å². The lowest BCUT2D eigenvalue weighted by atomic mass is 9.95. The summed E-state index contributed by atoms with van der Waals surface area (Å²) in [4.78, 5) is 19.1. The summed E-state index contributed by atoms with van der Waals surface area (Å²) >= 11 is 0. The Balaban J connectivity index is 1.42. The van der Waals surface area contributed by atoms with Gasteiger partial charge >= 0.3 is 0 Å². The summed E-state index contributed by atoms with van der Waals surface area (Å²) < 4.78 is 10.8. The average molecular weight is 388 g/mol. The average Bonchev–Trinajstić information content (AvgIpc) is 3.29. The molecule has 1 saturated heterocycles. The number of nitriles is 1. The van der Waals surface area contributed by atoms with Gasteiger partial charge in [0.1, 0.15) is 5.75 Å². The molecule has 7 heteroatoms. The van der Waals surface area contributed by atoms with E-state index in [0.717, 1.165) is 18.4 Å². The van der Waals surface area contributed by atoms with Crippen LogP contribution in [0.3, 0.4) is 0 Å². The van der Waals surface area contributed by atoms with Gasteiger partial charge in [0.25, 0.3) is 11.8 Å². The second-order valence-electron chi connectivity index (χ2n) is 6.91. The van der Waals surface area contributed by atoms with Crippen LogP contribution in [0.1, 0.15) is 40.5 Å². The second-order valence-corrected chi connectivity index (χ2v) is 6.91. The van der Waals surface area contributed by atoms with E-state index in [2.05, 4.69) is 16.2 Å². The molecule has 0 unspecified atom stereocenters. The number of likely N-dealkylation sites (tertiary alicyclic amines) is 1. The molecule has 7 nitrogen and oxygen atoms in total. The topological polar surface area (TPSA) is 92.2 Å². The first-order chi connectivity index (χ1) is 14.2. The first-order valence-electron chi connectivity index (χ1n) is 9.46. The fourth-order valence-corrected chi connectivity index (χ4v) is 3.54. The summed E-state index contributed by atoms with van der Waals surface area (Å²) in [6.07, 6.45) is 1.54. The Morgan fingerprint density at radius 1 is 1.17 bits per heavy atom. The van der Waals surface area contributed by atoms with Crippen LogP contribution in [0, 0.1) is 11.3 Å². The Kier molecular flexibility index (Phi) is 5.25. The van der Waals surface area contributed by atoms with E-state index in [1.807, 2.05) is 29.2 Å². The third-order valence-electron chi connectivity index (χ3n) is 5.19. The molecule has 2 aromatic carbocycles. The van der Waals surface area contributed by atoms with E-state index in [4.69, 9.17) is 14.5 Å². The third-order valence-corrected chi connectivity index (χ3v) is 5.19. The number of para-hydroxylation sites is 1. The second kappa shape index (κ2) is 8.15. The highest BCUT2D eigenvalue weighted by molar-refractivity contribution is 5.94. The van der Waals surface area contributed by atoms with E-state index in [1.165, 1.54) is 0 Å². The number of piperidine rings is 1. The number of ether oxygens (including phenoxy) is 1. The SMILES string of the molecule is COc1ccccc1-c1nc(C2CCN(C(=O)c3ccc(C#N)cc3)CC2)no1. The van der Waals surface area contributed by atoms with Crippen LogP contribution in [0.25, 0.3) is 11.5 Å². The zero-order valence-corrected chi connectivity index (χ0v) is 16.0. The summed E-state index contributed by atoms with van der Waals surface area (Å²) in [6.45, 7) is 1.25. The lowest BCUT2D eigenvalue weighted by molar-refractivity contribution is 0.0710. The fraction of sp³-hybridized carbons (Fsp3) is 0.273. The highest BCUT2D eigenvalue weighted by Gasteiger charge is 2.28. The number of carbonyl (C=O) groups excluding carboxylic acids is 1. The van der Waals surface area contributed by atoms with Crippen molar-refractivity contribution >= 4 is 5.91 Å². The van der Waals surface area contributed by atoms with Crippen LogP contribution in [0.2, 0.25) is 0 Å². The van der Waals surface area contributed by atoms with Gasteiger partial charge in [-0.2, -0.15) is 10.2 Å². The van der Waals surface area contributed by atoms with Gasteiger partial charge in [-0.25, -0.2) is 0 Å². The van der Waals surface area contributed by atoms with Gasteiger partial charge in [-0.3, -0.25) is 4.79 Å². The molecule has 0 saturated carbocycles. The Morgan fingerprint density at radius 3 is 2.59 bits per heavy atom. The highest BCUT2D eigenvalue weighted by atomic mass is 16.5. The molecule has 0 bridgehead atoms. The lowest BCUT2D eigenvalue weighted by Crippen LogP contribution is -2.38. The van der Waals surface area contributed by atoms with E-state index in [0.29, 0.717) is 41.7 Å². The maximum Gasteiger partial charge on any atom is 0.261 e. The van der Waals surface area contributed by atoms with Gasteiger partial charge in [0, 0.05) is 24.6 Å². The first-order valence-corrected chi connectivity index (χ1v) is 9.46. The molecule has 4 rings (SSSR count). The first kappa shape index (κ1) is 18.7. The van der Waals surface area contributed by atoms with Crippen LogP contribution in [0.15, 0.2) is 53.1 Å². The molecule has 3 aromatic rings. The van der Waals surface area contributed by atoms with Gasteiger partial charge in [0.15, 0.2) is 5.82 Å². The highest BCUT2D eigenvalue weighted by Crippen LogP contribution is 2.32. The number of hydrogen-bond acceptors (Lipinski definition) is 6. The number of carbonyl (C=O) groups is 1. The van der Waals surface area contributed by atoms with Gasteiger partial charge in [-0.1, -0.05) is 17.3 Å². The molecule has 2 heterocycles.